The van der Waals surface area contributed by atoms with E-state index in [2.05, 4.69) is 39.2 Å². The first kappa shape index (κ1) is 68.4. The van der Waals surface area contributed by atoms with Crippen LogP contribution in [-0.2, 0) is 51.0 Å². The van der Waals surface area contributed by atoms with Crippen molar-refractivity contribution >= 4 is 33.3 Å². The van der Waals surface area contributed by atoms with Crippen LogP contribution in [-0.4, -0.2) is 91.5 Å². The molecule has 2 aromatic heterocycles. The van der Waals surface area contributed by atoms with Gasteiger partial charge in [-0.25, -0.2) is 18.7 Å². The fourth-order valence-corrected chi connectivity index (χ4v) is 11.2. The van der Waals surface area contributed by atoms with E-state index < -0.39 is 102 Å². The topological polar surface area (TPSA) is 324 Å². The van der Waals surface area contributed by atoms with Crippen LogP contribution in [0.25, 0.3) is 10.4 Å². The maximum Gasteiger partial charge on any atom is 0.472 e. The molecule has 24 nitrogen and oxygen atoms in total. The third kappa shape index (κ3) is 27.8. The van der Waals surface area contributed by atoms with Crippen LogP contribution in [0.3, 0.4) is 0 Å². The van der Waals surface area contributed by atoms with Crippen molar-refractivity contribution in [2.24, 2.45) is 5.11 Å². The lowest BCUT2D eigenvalue weighted by molar-refractivity contribution is -0.153. The van der Waals surface area contributed by atoms with Gasteiger partial charge in [0, 0.05) is 42.1 Å². The van der Waals surface area contributed by atoms with Crippen molar-refractivity contribution in [3.63, 3.8) is 0 Å². The van der Waals surface area contributed by atoms with E-state index in [1.165, 1.54) is 139 Å². The lowest BCUT2D eigenvalue weighted by Gasteiger charge is -2.22. The van der Waals surface area contributed by atoms with Crippen molar-refractivity contribution in [1.29, 1.82) is 0 Å². The molecular formula is C54H92N8O16P2. The van der Waals surface area contributed by atoms with Gasteiger partial charge in [0.05, 0.1) is 44.7 Å². The van der Waals surface area contributed by atoms with E-state index in [-0.39, 0.29) is 30.1 Å². The monoisotopic (exact) mass is 1170 g/mol. The second-order valence-corrected chi connectivity index (χ2v) is 24.1. The second-order valence-electron chi connectivity index (χ2n) is 21.2. The Morgan fingerprint density at radius 3 is 1.77 bits per heavy atom. The summed E-state index contributed by atoms with van der Waals surface area (Å²) < 4.78 is 66.8. The predicted molar refractivity (Wildman–Crippen MR) is 302 cm³/mol. The van der Waals surface area contributed by atoms with Crippen molar-refractivity contribution in [2.75, 3.05) is 31.7 Å². The molecule has 4 N–H and O–H groups in total. The zero-order valence-electron chi connectivity index (χ0n) is 47.6. The molecule has 0 spiro atoms. The number of nitrogens with one attached hydrogen (secondary N) is 2. The minimum Gasteiger partial charge on any atom is -0.457 e. The summed E-state index contributed by atoms with van der Waals surface area (Å²) in [4.78, 5) is 93.4. The first-order valence-corrected chi connectivity index (χ1v) is 32.5. The van der Waals surface area contributed by atoms with Crippen LogP contribution in [0.4, 0.5) is 5.82 Å². The molecular weight excluding hydrogens is 1080 g/mol. The standard InChI is InChI=1S/C54H92N8O16P2/c1-4-6-8-10-12-14-16-18-20-22-24-26-28-30-48(63)56-47-34-35-61(53(66)57-47)49-33-32-43(76-49)38-72-79(68,69)73-39-44(77-51(64)31-29-27-25-23-21-19-17-15-13-11-9-7-5-2)40-74-80(70,71)75-41-46-45(59-60-55)36-50(78-46)62-37-42(3)52(65)58-54(62)67/h34-35,37,43-46,49-50H,4-33,36,38-41H2,1-3H3,(H,68,69)(H,70,71)(H,58,65,67)(H,56,57,63,66)/t43-,44?,45-,46+,49+,50+/m0/s1. The largest absolute Gasteiger partial charge is 0.472 e. The summed E-state index contributed by atoms with van der Waals surface area (Å²) in [6.07, 6.45) is 28.4. The van der Waals surface area contributed by atoms with Crippen molar-refractivity contribution < 1.29 is 60.8 Å². The Labute approximate surface area is 471 Å². The summed E-state index contributed by atoms with van der Waals surface area (Å²) in [5, 5.41) is 6.36. The molecule has 0 radical (unpaired) electrons. The van der Waals surface area contributed by atoms with Crippen LogP contribution in [0.5, 0.6) is 0 Å². The Hall–Kier alpha value is -4.05. The number of hydrogen-bond acceptors (Lipinski definition) is 16. The number of rotatable bonds is 45. The maximum atomic E-state index is 13.2. The van der Waals surface area contributed by atoms with Crippen LogP contribution in [0.2, 0.25) is 0 Å². The van der Waals surface area contributed by atoms with Crippen molar-refractivity contribution in [2.45, 2.75) is 257 Å². The quantitative estimate of drug-likeness (QED) is 0.0120. The Kier molecular flexibility index (Phi) is 33.1. The number of phosphoric ester groups is 2. The third-order valence-electron chi connectivity index (χ3n) is 14.3. The van der Waals surface area contributed by atoms with Gasteiger partial charge in [-0.3, -0.25) is 46.6 Å². The molecule has 4 rings (SSSR count). The number of aromatic nitrogens is 4. The number of carbonyl (C=O) groups is 2. The van der Waals surface area contributed by atoms with Crippen molar-refractivity contribution in [3.8, 4) is 0 Å². The molecule has 4 heterocycles. The highest BCUT2D eigenvalue weighted by Gasteiger charge is 2.39. The minimum absolute atomic E-state index is 0.0105. The number of aryl methyl sites for hydroxylation is 1. The van der Waals surface area contributed by atoms with Gasteiger partial charge in [-0.1, -0.05) is 173 Å². The van der Waals surface area contributed by atoms with Gasteiger partial charge < -0.3 is 29.3 Å². The molecule has 80 heavy (non-hydrogen) atoms. The van der Waals surface area contributed by atoms with Gasteiger partial charge in [0.1, 0.15) is 24.4 Å². The molecule has 0 aliphatic carbocycles. The minimum atomic E-state index is -5.01. The third-order valence-corrected chi connectivity index (χ3v) is 16.2. The normalized spacial score (nSPS) is 20.0. The predicted octanol–water partition coefficient (Wildman–Crippen LogP) is 11.8. The number of esters is 1. The van der Waals surface area contributed by atoms with Gasteiger partial charge in [0.25, 0.3) is 5.56 Å². The summed E-state index contributed by atoms with van der Waals surface area (Å²) in [5.41, 5.74) is 7.34. The van der Waals surface area contributed by atoms with Crippen molar-refractivity contribution in [1.82, 2.24) is 19.1 Å². The number of unbranched alkanes of at least 4 members (excludes halogenated alkanes) is 24. The van der Waals surface area contributed by atoms with Crippen LogP contribution in [0.15, 0.2) is 38.0 Å². The fraction of sp³-hybridized carbons (Fsp3) is 0.815. The highest BCUT2D eigenvalue weighted by atomic mass is 31.2. The Morgan fingerprint density at radius 1 is 0.738 bits per heavy atom. The molecule has 0 saturated carbocycles. The summed E-state index contributed by atoms with van der Waals surface area (Å²) >= 11 is 0. The number of hydrogen-bond donors (Lipinski definition) is 4. The van der Waals surface area contributed by atoms with Gasteiger partial charge in [-0.05, 0) is 44.2 Å². The molecule has 2 aromatic rings. The summed E-state index contributed by atoms with van der Waals surface area (Å²) in [7, 11) is -9.90. The van der Waals surface area contributed by atoms with Crippen LogP contribution >= 0.6 is 15.6 Å². The number of ether oxygens (including phenoxy) is 3. The average Bonchev–Trinajstić information content (AvgIpc) is 4.07. The van der Waals surface area contributed by atoms with E-state index in [0.717, 1.165) is 55.9 Å². The Balaban J connectivity index is 1.22. The van der Waals surface area contributed by atoms with Gasteiger partial charge in [-0.15, -0.1) is 0 Å². The van der Waals surface area contributed by atoms with Gasteiger partial charge in [0.15, 0.2) is 0 Å². The van der Waals surface area contributed by atoms with E-state index in [4.69, 9.17) is 37.8 Å². The van der Waals surface area contributed by atoms with Gasteiger partial charge in [0.2, 0.25) is 5.91 Å². The molecule has 8 atom stereocenters. The Morgan fingerprint density at radius 2 is 1.25 bits per heavy atom. The lowest BCUT2D eigenvalue weighted by Crippen LogP contribution is -2.33. The van der Waals surface area contributed by atoms with Crippen LogP contribution in [0.1, 0.15) is 231 Å². The fourth-order valence-electron chi connectivity index (χ4n) is 9.67. The first-order valence-electron chi connectivity index (χ1n) is 29.5. The van der Waals surface area contributed by atoms with Gasteiger partial charge >= 0.3 is 33.0 Å². The molecule has 2 fully saturated rings. The molecule has 2 aliphatic rings. The van der Waals surface area contributed by atoms with E-state index in [9.17, 15) is 42.9 Å². The van der Waals surface area contributed by atoms with Gasteiger partial charge in [-0.2, -0.15) is 4.98 Å². The molecule has 2 saturated heterocycles. The number of carbonyl (C=O) groups excluding carboxylic acids is 2. The highest BCUT2D eigenvalue weighted by Crippen LogP contribution is 2.47. The molecule has 1 amide bonds. The molecule has 3 unspecified atom stereocenters. The molecule has 2 aliphatic heterocycles. The average molecular weight is 1170 g/mol. The van der Waals surface area contributed by atoms with E-state index in [1.807, 2.05) is 0 Å². The zero-order valence-corrected chi connectivity index (χ0v) is 49.4. The molecule has 0 aromatic carbocycles. The number of amides is 1. The van der Waals surface area contributed by atoms with Crippen molar-refractivity contribution in [3.05, 3.63) is 65.8 Å². The number of anilines is 1. The van der Waals surface area contributed by atoms with Crippen LogP contribution < -0.4 is 22.3 Å². The molecule has 454 valence electrons. The number of nitrogens with zero attached hydrogens (tertiary/aromatic N) is 6. The molecule has 26 heteroatoms. The smallest absolute Gasteiger partial charge is 0.457 e. The lowest BCUT2D eigenvalue weighted by atomic mass is 10.0. The number of aromatic amines is 1. The number of H-pyrrole nitrogens is 1. The molecule has 0 bridgehead atoms. The summed E-state index contributed by atoms with van der Waals surface area (Å²) in [6, 6.07) is 0.537. The highest BCUT2D eigenvalue weighted by molar-refractivity contribution is 7.47. The summed E-state index contributed by atoms with van der Waals surface area (Å²) in [6.45, 7) is 3.17. The Bertz CT molecular complexity index is 2450. The number of azide groups is 1. The second kappa shape index (κ2) is 38.7. The van der Waals surface area contributed by atoms with E-state index >= 15 is 0 Å². The number of phosphoric acid groups is 2. The van der Waals surface area contributed by atoms with Crippen LogP contribution in [0, 0.1) is 6.92 Å². The summed E-state index contributed by atoms with van der Waals surface area (Å²) in [5.74, 6) is -0.812. The SMILES string of the molecule is CCCCCCCCCCCCCCCC(=O)Nc1ccn([C@H]2CC[C@@H](COP(=O)(O)OCC(COP(=O)(O)OC[C@H]3O[C@@H](n4cc(C)c(=O)[nH]c4=O)C[C@@H]3N=[N+]=[N-])OC(=O)CCCCCCCCCCCCCCC)O2)c(=O)n1. The van der Waals surface area contributed by atoms with E-state index in [0.29, 0.717) is 25.7 Å². The maximum absolute atomic E-state index is 13.2. The zero-order chi connectivity index (χ0) is 58.0. The first-order chi connectivity index (χ1) is 38.5. The van der Waals surface area contributed by atoms with E-state index in [1.54, 1.807) is 0 Å².